The van der Waals surface area contributed by atoms with E-state index < -0.39 is 7.92 Å². The summed E-state index contributed by atoms with van der Waals surface area (Å²) in [7, 11) is 2.48. The van der Waals surface area contributed by atoms with Gasteiger partial charge in [0.05, 0.1) is 14.2 Å². The number of rotatable bonds is 6. The fourth-order valence-electron chi connectivity index (χ4n) is 4.08. The summed E-state index contributed by atoms with van der Waals surface area (Å²) in [5.41, 5.74) is 5.19. The van der Waals surface area contributed by atoms with Crippen molar-refractivity contribution >= 4 is 23.8 Å². The van der Waals surface area contributed by atoms with Gasteiger partial charge in [0.1, 0.15) is 0 Å². The van der Waals surface area contributed by atoms with Crippen molar-refractivity contribution in [2.45, 2.75) is 20.8 Å². The average molecular weight is 442 g/mol. The number of hydrogen-bond donors (Lipinski definition) is 0. The third-order valence-electron chi connectivity index (χ3n) is 5.47. The summed E-state index contributed by atoms with van der Waals surface area (Å²) in [6.45, 7) is 6.19. The maximum Gasteiger partial charge on any atom is 0.213 e. The largest absolute Gasteiger partial charge is 0.481 e. The summed E-state index contributed by atoms with van der Waals surface area (Å²) < 4.78 is 11.0. The normalized spacial score (nSPS) is 10.9. The predicted molar refractivity (Wildman–Crippen MR) is 133 cm³/mol. The number of aromatic nitrogens is 2. The molecule has 0 atom stereocenters. The Morgan fingerprint density at radius 3 is 1.56 bits per heavy atom. The highest BCUT2D eigenvalue weighted by Gasteiger charge is 2.25. The Morgan fingerprint density at radius 2 is 1.09 bits per heavy atom. The molecule has 4 rings (SSSR count). The molecule has 32 heavy (non-hydrogen) atoms. The van der Waals surface area contributed by atoms with Gasteiger partial charge >= 0.3 is 0 Å². The van der Waals surface area contributed by atoms with Gasteiger partial charge in [0.2, 0.25) is 11.8 Å². The summed E-state index contributed by atoms with van der Waals surface area (Å²) in [4.78, 5) is 9.44. The van der Waals surface area contributed by atoms with Crippen LogP contribution in [0, 0.1) is 20.8 Å². The second kappa shape index (κ2) is 9.50. The summed E-state index contributed by atoms with van der Waals surface area (Å²) in [5, 5.41) is 3.76. The Hall–Kier alpha value is -3.23. The lowest BCUT2D eigenvalue weighted by molar-refractivity contribution is 0.396. The molecule has 0 bridgehead atoms. The van der Waals surface area contributed by atoms with Gasteiger partial charge in [0.15, 0.2) is 0 Å². The Labute approximate surface area is 191 Å². The number of benzene rings is 2. The highest BCUT2D eigenvalue weighted by molar-refractivity contribution is 7.80. The van der Waals surface area contributed by atoms with Gasteiger partial charge in [0, 0.05) is 40.0 Å². The predicted octanol–water partition coefficient (Wildman–Crippen LogP) is 4.84. The molecule has 5 heteroatoms. The Kier molecular flexibility index (Phi) is 6.53. The first-order valence-electron chi connectivity index (χ1n) is 10.5. The van der Waals surface area contributed by atoms with E-state index in [9.17, 15) is 0 Å². The number of aryl methyl sites for hydroxylation is 3. The zero-order chi connectivity index (χ0) is 22.7. The van der Waals surface area contributed by atoms with E-state index in [0.717, 1.165) is 28.1 Å². The Bertz CT molecular complexity index is 1160. The lowest BCUT2D eigenvalue weighted by atomic mass is 9.98. The fraction of sp³-hybridized carbons (Fsp3) is 0.185. The first kappa shape index (κ1) is 22.0. The maximum atomic E-state index is 5.61. The van der Waals surface area contributed by atoms with Crippen molar-refractivity contribution in [1.82, 2.24) is 9.97 Å². The molecule has 0 aliphatic carbocycles. The lowest BCUT2D eigenvalue weighted by Gasteiger charge is -2.25. The molecular formula is C27H27N2O2P. The first-order chi connectivity index (χ1) is 15.5. The monoisotopic (exact) mass is 442 g/mol. The van der Waals surface area contributed by atoms with Crippen molar-refractivity contribution in [1.29, 1.82) is 0 Å². The standard InChI is InChI=1S/C27H27N2O2P/c1-18-16-24(30-4)28-19(2)26(18)27-20(3)29-25(31-5)17-23(27)32(21-12-8-6-9-13-21)22-14-10-7-11-15-22/h6-17H,1-5H3. The summed E-state index contributed by atoms with van der Waals surface area (Å²) in [6, 6.07) is 25.4. The molecular weight excluding hydrogens is 415 g/mol. The minimum Gasteiger partial charge on any atom is -0.481 e. The summed E-state index contributed by atoms with van der Waals surface area (Å²) in [6.07, 6.45) is 0. The molecule has 0 saturated heterocycles. The number of ether oxygens (including phenoxy) is 2. The molecule has 4 nitrogen and oxygen atoms in total. The Balaban J connectivity index is 2.06. The average Bonchev–Trinajstić information content (AvgIpc) is 2.81. The zero-order valence-corrected chi connectivity index (χ0v) is 20.0. The minimum absolute atomic E-state index is 0.623. The zero-order valence-electron chi connectivity index (χ0n) is 19.1. The van der Waals surface area contributed by atoms with Crippen molar-refractivity contribution in [2.24, 2.45) is 0 Å². The molecule has 0 fully saturated rings. The van der Waals surface area contributed by atoms with Gasteiger partial charge in [-0.1, -0.05) is 60.7 Å². The molecule has 0 amide bonds. The van der Waals surface area contributed by atoms with E-state index in [0.29, 0.717) is 11.8 Å². The number of methoxy groups -OCH3 is 2. The summed E-state index contributed by atoms with van der Waals surface area (Å²) >= 11 is 0. The van der Waals surface area contributed by atoms with Crippen LogP contribution in [0.1, 0.15) is 17.0 Å². The van der Waals surface area contributed by atoms with Crippen LogP contribution in [0.3, 0.4) is 0 Å². The van der Waals surface area contributed by atoms with E-state index in [2.05, 4.69) is 78.6 Å². The van der Waals surface area contributed by atoms with E-state index in [4.69, 9.17) is 14.5 Å². The second-order valence-corrected chi connectivity index (χ2v) is 9.78. The molecule has 2 aromatic heterocycles. The first-order valence-corrected chi connectivity index (χ1v) is 11.9. The van der Waals surface area contributed by atoms with Crippen LogP contribution in [0.4, 0.5) is 0 Å². The van der Waals surface area contributed by atoms with Crippen molar-refractivity contribution in [2.75, 3.05) is 14.2 Å². The van der Waals surface area contributed by atoms with Gasteiger partial charge in [-0.3, -0.25) is 0 Å². The molecule has 0 unspecified atom stereocenters. The minimum atomic E-state index is -0.844. The van der Waals surface area contributed by atoms with Gasteiger partial charge in [-0.15, -0.1) is 0 Å². The van der Waals surface area contributed by atoms with Crippen LogP contribution in [0.5, 0.6) is 11.8 Å². The van der Waals surface area contributed by atoms with E-state index in [1.807, 2.05) is 19.9 Å². The van der Waals surface area contributed by atoms with Crippen LogP contribution in [0.25, 0.3) is 11.1 Å². The van der Waals surface area contributed by atoms with Gasteiger partial charge < -0.3 is 9.47 Å². The number of hydrogen-bond acceptors (Lipinski definition) is 4. The third kappa shape index (κ3) is 4.24. The highest BCUT2D eigenvalue weighted by Crippen LogP contribution is 2.41. The Morgan fingerprint density at radius 1 is 0.625 bits per heavy atom. The van der Waals surface area contributed by atoms with Crippen LogP contribution in [0.15, 0.2) is 72.8 Å². The van der Waals surface area contributed by atoms with Crippen LogP contribution >= 0.6 is 7.92 Å². The van der Waals surface area contributed by atoms with Crippen molar-refractivity contribution < 1.29 is 9.47 Å². The maximum absolute atomic E-state index is 5.61. The molecule has 4 aromatic rings. The van der Waals surface area contributed by atoms with Gasteiger partial charge in [0.25, 0.3) is 0 Å². The van der Waals surface area contributed by atoms with Crippen LogP contribution in [-0.4, -0.2) is 24.2 Å². The van der Waals surface area contributed by atoms with Gasteiger partial charge in [-0.25, -0.2) is 9.97 Å². The molecule has 0 spiro atoms. The molecule has 0 saturated carbocycles. The fourth-order valence-corrected chi connectivity index (χ4v) is 6.61. The van der Waals surface area contributed by atoms with Crippen LogP contribution in [0.2, 0.25) is 0 Å². The molecule has 2 heterocycles. The number of pyridine rings is 2. The summed E-state index contributed by atoms with van der Waals surface area (Å²) in [5.74, 6) is 1.25. The SMILES string of the molecule is COc1cc(C)c(-c2c(P(c3ccccc3)c3ccccc3)cc(OC)nc2C)c(C)n1. The topological polar surface area (TPSA) is 44.2 Å². The van der Waals surface area contributed by atoms with Crippen LogP contribution < -0.4 is 25.4 Å². The molecule has 0 aliphatic rings. The lowest BCUT2D eigenvalue weighted by Crippen LogP contribution is -2.24. The van der Waals surface area contributed by atoms with E-state index in [-0.39, 0.29) is 0 Å². The van der Waals surface area contributed by atoms with Gasteiger partial charge in [-0.05, 0) is 44.9 Å². The second-order valence-electron chi connectivity index (χ2n) is 7.59. The highest BCUT2D eigenvalue weighted by atomic mass is 31.1. The molecule has 0 N–H and O–H groups in total. The van der Waals surface area contributed by atoms with Crippen molar-refractivity contribution in [3.05, 3.63) is 89.7 Å². The third-order valence-corrected chi connectivity index (χ3v) is 7.93. The van der Waals surface area contributed by atoms with E-state index >= 15 is 0 Å². The molecule has 2 aromatic carbocycles. The van der Waals surface area contributed by atoms with E-state index in [1.54, 1.807) is 14.2 Å². The van der Waals surface area contributed by atoms with Gasteiger partial charge in [-0.2, -0.15) is 0 Å². The molecule has 0 radical (unpaired) electrons. The molecule has 162 valence electrons. The van der Waals surface area contributed by atoms with Crippen molar-refractivity contribution in [3.8, 4) is 22.9 Å². The van der Waals surface area contributed by atoms with Crippen molar-refractivity contribution in [3.63, 3.8) is 0 Å². The van der Waals surface area contributed by atoms with E-state index in [1.165, 1.54) is 15.9 Å². The smallest absolute Gasteiger partial charge is 0.213 e. The number of nitrogens with zero attached hydrogens (tertiary/aromatic N) is 2. The van der Waals surface area contributed by atoms with Crippen LogP contribution in [-0.2, 0) is 0 Å². The quantitative estimate of drug-likeness (QED) is 0.401. The molecule has 0 aliphatic heterocycles.